The molecule has 16 nitrogen and oxygen atoms in total. The predicted molar refractivity (Wildman–Crippen MR) is 113 cm³/mol. The molecule has 0 heterocycles. The van der Waals surface area contributed by atoms with Crippen LogP contribution < -0.4 is 33.2 Å². The van der Waals surface area contributed by atoms with Crippen molar-refractivity contribution in [1.82, 2.24) is 16.0 Å². The molecule has 4 unspecified atom stereocenters. The maximum absolute atomic E-state index is 12.8. The van der Waals surface area contributed by atoms with E-state index in [1.54, 1.807) is 0 Å². The Morgan fingerprint density at radius 2 is 1.18 bits per heavy atom. The van der Waals surface area contributed by atoms with E-state index < -0.39 is 85.0 Å². The number of primary amides is 1. The van der Waals surface area contributed by atoms with Crippen LogP contribution in [-0.4, -0.2) is 87.6 Å². The molecule has 0 aliphatic heterocycles. The van der Waals surface area contributed by atoms with Crippen molar-refractivity contribution in [3.05, 3.63) is 0 Å². The molecule has 0 aromatic rings. The van der Waals surface area contributed by atoms with E-state index in [-0.39, 0.29) is 13.0 Å². The summed E-state index contributed by atoms with van der Waals surface area (Å²) in [4.78, 5) is 81.5. The quantitative estimate of drug-likeness (QED) is 0.0877. The summed E-state index contributed by atoms with van der Waals surface area (Å²) in [5, 5.41) is 32.9. The monoisotopic (exact) mass is 490 g/mol. The second-order valence-corrected chi connectivity index (χ2v) is 7.28. The molecule has 34 heavy (non-hydrogen) atoms. The van der Waals surface area contributed by atoms with Crippen LogP contribution in [0.25, 0.3) is 0 Å². The lowest BCUT2D eigenvalue weighted by molar-refractivity contribution is -0.147. The minimum atomic E-state index is -1.86. The van der Waals surface area contributed by atoms with E-state index >= 15 is 0 Å². The molecular formula is C18H30N6O10. The molecule has 0 aromatic heterocycles. The molecule has 0 aliphatic rings. The average Bonchev–Trinajstić information content (AvgIpc) is 2.70. The number of nitrogens with two attached hydrogens (primary N) is 3. The number of carbonyl (C=O) groups is 7. The lowest BCUT2D eigenvalue weighted by atomic mass is 10.1. The van der Waals surface area contributed by atoms with Gasteiger partial charge in [0.1, 0.15) is 18.1 Å². The number of carbonyl (C=O) groups excluding carboxylic acids is 4. The van der Waals surface area contributed by atoms with Crippen molar-refractivity contribution in [3.8, 4) is 0 Å². The molecular weight excluding hydrogens is 460 g/mol. The van der Waals surface area contributed by atoms with Crippen LogP contribution in [0.3, 0.4) is 0 Å². The van der Waals surface area contributed by atoms with E-state index in [1.807, 2.05) is 5.32 Å². The molecule has 4 atom stereocenters. The Hall–Kier alpha value is -3.79. The van der Waals surface area contributed by atoms with Crippen LogP contribution in [0.5, 0.6) is 0 Å². The van der Waals surface area contributed by atoms with Crippen LogP contribution in [-0.2, 0) is 33.6 Å². The molecule has 0 bridgehead atoms. The summed E-state index contributed by atoms with van der Waals surface area (Å²) in [5.41, 5.74) is 16.0. The van der Waals surface area contributed by atoms with Gasteiger partial charge >= 0.3 is 17.9 Å². The molecule has 0 rings (SSSR count). The van der Waals surface area contributed by atoms with E-state index in [2.05, 4.69) is 10.6 Å². The van der Waals surface area contributed by atoms with Crippen molar-refractivity contribution in [3.63, 3.8) is 0 Å². The van der Waals surface area contributed by atoms with Gasteiger partial charge in [0.05, 0.1) is 25.3 Å². The lowest BCUT2D eigenvalue weighted by Crippen LogP contribution is -2.58. The maximum Gasteiger partial charge on any atom is 0.326 e. The SMILES string of the molecule is NCCCCC(NC(=O)C(N)CC(=O)O)C(=O)NC(CC(N)=O)C(=O)NC(CC(=O)O)C(=O)O. The molecule has 0 aliphatic carbocycles. The lowest BCUT2D eigenvalue weighted by Gasteiger charge is -2.24. The first-order valence-electron chi connectivity index (χ1n) is 10.1. The highest BCUT2D eigenvalue weighted by Crippen LogP contribution is 2.05. The first-order valence-corrected chi connectivity index (χ1v) is 10.1. The number of carboxylic acid groups (broad SMARTS) is 3. The van der Waals surface area contributed by atoms with Gasteiger partial charge in [-0.2, -0.15) is 0 Å². The minimum absolute atomic E-state index is 0.0102. The Labute approximate surface area is 193 Å². The summed E-state index contributed by atoms with van der Waals surface area (Å²) in [6, 6.07) is -6.33. The number of unbranched alkanes of at least 4 members (excludes halogenated alkanes) is 1. The fourth-order valence-electron chi connectivity index (χ4n) is 2.65. The zero-order chi connectivity index (χ0) is 26.4. The summed E-state index contributed by atoms with van der Waals surface area (Å²) < 4.78 is 0. The first kappa shape index (κ1) is 30.2. The van der Waals surface area contributed by atoms with Gasteiger partial charge in [-0.15, -0.1) is 0 Å². The first-order chi connectivity index (χ1) is 15.8. The molecule has 0 fully saturated rings. The smallest absolute Gasteiger partial charge is 0.326 e. The third-order valence-corrected chi connectivity index (χ3v) is 4.34. The number of aliphatic carboxylic acids is 3. The zero-order valence-corrected chi connectivity index (χ0v) is 18.2. The van der Waals surface area contributed by atoms with Gasteiger partial charge in [-0.1, -0.05) is 0 Å². The van der Waals surface area contributed by atoms with Crippen molar-refractivity contribution in [2.75, 3.05) is 6.54 Å². The van der Waals surface area contributed by atoms with Gasteiger partial charge < -0.3 is 48.5 Å². The molecule has 4 amide bonds. The Morgan fingerprint density at radius 3 is 1.65 bits per heavy atom. The summed E-state index contributed by atoms with van der Waals surface area (Å²) in [6.45, 7) is 0.272. The van der Waals surface area contributed by atoms with Crippen LogP contribution in [0, 0.1) is 0 Å². The fraction of sp³-hybridized carbons (Fsp3) is 0.611. The van der Waals surface area contributed by atoms with Gasteiger partial charge in [0.25, 0.3) is 0 Å². The molecule has 0 saturated heterocycles. The standard InChI is InChI=1S/C18H30N6O10/c19-4-2-1-3-9(22-15(30)8(20)5-13(26)27)16(31)23-10(6-12(21)25)17(32)24-11(18(33)34)7-14(28)29/h8-11H,1-7,19-20H2,(H2,21,25)(H,22,30)(H,23,31)(H,24,32)(H,26,27)(H,28,29)(H,33,34). The molecule has 0 saturated carbocycles. The molecule has 0 radical (unpaired) electrons. The van der Waals surface area contributed by atoms with Crippen LogP contribution in [0.15, 0.2) is 0 Å². The van der Waals surface area contributed by atoms with E-state index in [9.17, 15) is 33.6 Å². The van der Waals surface area contributed by atoms with Crippen molar-refractivity contribution in [2.45, 2.75) is 62.7 Å². The van der Waals surface area contributed by atoms with Crippen molar-refractivity contribution >= 4 is 41.5 Å². The molecule has 0 aromatic carbocycles. The van der Waals surface area contributed by atoms with Crippen LogP contribution in [0.4, 0.5) is 0 Å². The average molecular weight is 490 g/mol. The highest BCUT2D eigenvalue weighted by atomic mass is 16.4. The third-order valence-electron chi connectivity index (χ3n) is 4.34. The number of hydrogen-bond acceptors (Lipinski definition) is 9. The van der Waals surface area contributed by atoms with E-state index in [0.717, 1.165) is 0 Å². The predicted octanol–water partition coefficient (Wildman–Crippen LogP) is -4.19. The Morgan fingerprint density at radius 1 is 0.676 bits per heavy atom. The molecule has 192 valence electrons. The topological polar surface area (TPSA) is 294 Å². The Balaban J connectivity index is 5.56. The second-order valence-electron chi connectivity index (χ2n) is 7.28. The van der Waals surface area contributed by atoms with E-state index in [1.165, 1.54) is 0 Å². The van der Waals surface area contributed by atoms with Crippen LogP contribution in [0.1, 0.15) is 38.5 Å². The summed E-state index contributed by atoms with van der Waals surface area (Å²) in [6.07, 6.45) is -1.64. The highest BCUT2D eigenvalue weighted by molar-refractivity contribution is 5.96. The van der Waals surface area contributed by atoms with E-state index in [4.69, 9.17) is 32.5 Å². The van der Waals surface area contributed by atoms with Gasteiger partial charge in [0, 0.05) is 0 Å². The van der Waals surface area contributed by atoms with Gasteiger partial charge in [-0.25, -0.2) is 4.79 Å². The van der Waals surface area contributed by atoms with Crippen molar-refractivity contribution in [1.29, 1.82) is 0 Å². The largest absolute Gasteiger partial charge is 0.481 e. The molecule has 12 N–H and O–H groups in total. The Bertz CT molecular complexity index is 789. The van der Waals surface area contributed by atoms with Gasteiger partial charge in [-0.3, -0.25) is 28.8 Å². The fourth-order valence-corrected chi connectivity index (χ4v) is 2.65. The normalized spacial score (nSPS) is 14.1. The number of amides is 4. The molecule has 16 heteroatoms. The maximum atomic E-state index is 12.8. The number of nitrogens with one attached hydrogen (secondary N) is 3. The number of hydrogen-bond donors (Lipinski definition) is 9. The summed E-state index contributed by atoms with van der Waals surface area (Å²) in [7, 11) is 0. The van der Waals surface area contributed by atoms with Gasteiger partial charge in [0.2, 0.25) is 23.6 Å². The van der Waals surface area contributed by atoms with Crippen molar-refractivity contribution < 1.29 is 48.9 Å². The van der Waals surface area contributed by atoms with Crippen LogP contribution >= 0.6 is 0 Å². The second kappa shape index (κ2) is 15.1. The molecule has 0 spiro atoms. The summed E-state index contributed by atoms with van der Waals surface area (Å²) in [5.74, 6) is -8.71. The van der Waals surface area contributed by atoms with Gasteiger partial charge in [-0.05, 0) is 25.8 Å². The van der Waals surface area contributed by atoms with Crippen molar-refractivity contribution in [2.24, 2.45) is 17.2 Å². The number of carboxylic acids is 3. The number of rotatable bonds is 17. The van der Waals surface area contributed by atoms with Crippen LogP contribution in [0.2, 0.25) is 0 Å². The minimum Gasteiger partial charge on any atom is -0.481 e. The zero-order valence-electron chi connectivity index (χ0n) is 18.2. The van der Waals surface area contributed by atoms with Gasteiger partial charge in [0.15, 0.2) is 0 Å². The third kappa shape index (κ3) is 12.3. The Kier molecular flexibility index (Phi) is 13.4. The highest BCUT2D eigenvalue weighted by Gasteiger charge is 2.32. The van der Waals surface area contributed by atoms with E-state index in [0.29, 0.717) is 12.8 Å². The summed E-state index contributed by atoms with van der Waals surface area (Å²) >= 11 is 0.